The van der Waals surface area contributed by atoms with Crippen molar-refractivity contribution in [3.8, 4) is 0 Å². The van der Waals surface area contributed by atoms with E-state index in [1.165, 1.54) is 44.9 Å². The van der Waals surface area contributed by atoms with Crippen molar-refractivity contribution in [3.05, 3.63) is 0 Å². The van der Waals surface area contributed by atoms with E-state index < -0.39 is 51.5 Å². The molecule has 0 aliphatic rings. The molecule has 12 heteroatoms. The van der Waals surface area contributed by atoms with Crippen molar-refractivity contribution in [3.63, 3.8) is 0 Å². The number of rotatable bonds is 26. The van der Waals surface area contributed by atoms with Crippen molar-refractivity contribution in [2.75, 3.05) is 6.54 Å². The van der Waals surface area contributed by atoms with Crippen molar-refractivity contribution in [2.45, 2.75) is 127 Å². The number of nitrogens with one attached hydrogen (secondary N) is 1. The lowest BCUT2D eigenvalue weighted by atomic mass is 9.97. The Hall–Kier alpha value is -2.21. The monoisotopic (exact) mass is 565 g/mol. The molecule has 0 aromatic heterocycles. The van der Waals surface area contributed by atoms with Crippen LogP contribution >= 0.6 is 0 Å². The molecule has 2 unspecified atom stereocenters. The Bertz CT molecular complexity index is 800. The van der Waals surface area contributed by atoms with Crippen LogP contribution in [0.25, 0.3) is 0 Å². The first-order chi connectivity index (χ1) is 17.9. The number of carbonyl (C=O) groups excluding carboxylic acids is 1. The van der Waals surface area contributed by atoms with Gasteiger partial charge in [-0.2, -0.15) is 8.42 Å². The number of unbranched alkanes of at least 4 members (excludes halogenated alkanes) is 15. The summed E-state index contributed by atoms with van der Waals surface area (Å²) in [5, 5.41) is 26.9. The second-order valence-electron chi connectivity index (χ2n) is 9.97. The summed E-state index contributed by atoms with van der Waals surface area (Å²) >= 11 is 0. The number of carboxylic acid groups (broad SMARTS) is 3. The van der Waals surface area contributed by atoms with Crippen LogP contribution in [0.1, 0.15) is 122 Å². The van der Waals surface area contributed by atoms with Crippen LogP contribution in [-0.4, -0.2) is 63.9 Å². The van der Waals surface area contributed by atoms with Crippen LogP contribution in [0.2, 0.25) is 0 Å². The van der Waals surface area contributed by atoms with Gasteiger partial charge in [-0.3, -0.25) is 23.7 Å². The summed E-state index contributed by atoms with van der Waals surface area (Å²) in [7, 11) is -4.82. The zero-order chi connectivity index (χ0) is 28.8. The number of aliphatic carboxylic acids is 3. The molecule has 0 spiro atoms. The van der Waals surface area contributed by atoms with E-state index in [0.29, 0.717) is 13.0 Å². The number of carboxylic acids is 3. The normalized spacial score (nSPS) is 13.1. The molecule has 0 bridgehead atoms. The van der Waals surface area contributed by atoms with Crippen molar-refractivity contribution in [1.82, 2.24) is 5.32 Å². The Morgan fingerprint density at radius 3 is 1.32 bits per heavy atom. The summed E-state index contributed by atoms with van der Waals surface area (Å²) in [6.07, 6.45) is 16.7. The Balaban J connectivity index is 3.45. The SMILES string of the molecule is O=C(O)CC(CCCCCCCCCCCCCCCCCCNC(=O)CC(C(=O)O)S(=O)(=O)O)C(=O)O. The molecule has 0 saturated carbocycles. The van der Waals surface area contributed by atoms with Gasteiger partial charge in [0.15, 0.2) is 5.25 Å². The molecule has 222 valence electrons. The quantitative estimate of drug-likeness (QED) is 0.0728. The van der Waals surface area contributed by atoms with Gasteiger partial charge in [-0.15, -0.1) is 0 Å². The van der Waals surface area contributed by atoms with Crippen molar-refractivity contribution >= 4 is 33.9 Å². The highest BCUT2D eigenvalue weighted by atomic mass is 32.2. The first-order valence-corrected chi connectivity index (χ1v) is 15.4. The van der Waals surface area contributed by atoms with Crippen LogP contribution in [0.4, 0.5) is 0 Å². The fourth-order valence-electron chi connectivity index (χ4n) is 4.30. The van der Waals surface area contributed by atoms with Crippen LogP contribution in [-0.2, 0) is 29.3 Å². The van der Waals surface area contributed by atoms with Gasteiger partial charge in [0.2, 0.25) is 5.91 Å². The molecular formula is C26H47NO10S. The van der Waals surface area contributed by atoms with E-state index in [-0.39, 0.29) is 6.42 Å². The van der Waals surface area contributed by atoms with Gasteiger partial charge >= 0.3 is 17.9 Å². The molecule has 38 heavy (non-hydrogen) atoms. The molecule has 0 rings (SSSR count). The highest BCUT2D eigenvalue weighted by molar-refractivity contribution is 7.87. The summed E-state index contributed by atoms with van der Waals surface area (Å²) < 4.78 is 30.8. The predicted molar refractivity (Wildman–Crippen MR) is 142 cm³/mol. The second kappa shape index (κ2) is 21.7. The summed E-state index contributed by atoms with van der Waals surface area (Å²) in [5.74, 6) is -5.33. The van der Waals surface area contributed by atoms with Gasteiger partial charge < -0.3 is 20.6 Å². The lowest BCUT2D eigenvalue weighted by Gasteiger charge is -2.09. The highest BCUT2D eigenvalue weighted by Crippen LogP contribution is 2.17. The molecule has 0 aromatic carbocycles. The molecule has 0 radical (unpaired) electrons. The van der Waals surface area contributed by atoms with E-state index in [9.17, 15) is 27.6 Å². The minimum atomic E-state index is -4.82. The summed E-state index contributed by atoms with van der Waals surface area (Å²) in [5.41, 5.74) is 0. The average Bonchev–Trinajstić information content (AvgIpc) is 2.81. The second-order valence-corrected chi connectivity index (χ2v) is 11.6. The van der Waals surface area contributed by atoms with E-state index in [0.717, 1.165) is 57.8 Å². The molecule has 0 aromatic rings. The molecule has 0 aliphatic carbocycles. The van der Waals surface area contributed by atoms with Crippen molar-refractivity contribution < 1.29 is 47.5 Å². The predicted octanol–water partition coefficient (Wildman–Crippen LogP) is 4.64. The minimum absolute atomic E-state index is 0.304. The van der Waals surface area contributed by atoms with E-state index in [1.807, 2.05) is 0 Å². The first kappa shape index (κ1) is 35.8. The van der Waals surface area contributed by atoms with Gasteiger partial charge in [-0.25, -0.2) is 0 Å². The maximum atomic E-state index is 11.7. The Morgan fingerprint density at radius 2 is 0.974 bits per heavy atom. The fraction of sp³-hybridized carbons (Fsp3) is 0.846. The maximum Gasteiger partial charge on any atom is 0.324 e. The molecule has 1 amide bonds. The molecule has 0 fully saturated rings. The van der Waals surface area contributed by atoms with Gasteiger partial charge in [0, 0.05) is 6.54 Å². The fourth-order valence-corrected chi connectivity index (χ4v) is 4.92. The van der Waals surface area contributed by atoms with E-state index >= 15 is 0 Å². The average molecular weight is 566 g/mol. The smallest absolute Gasteiger partial charge is 0.324 e. The third-order valence-corrected chi connectivity index (χ3v) is 7.66. The molecule has 5 N–H and O–H groups in total. The molecule has 2 atom stereocenters. The minimum Gasteiger partial charge on any atom is -0.481 e. The largest absolute Gasteiger partial charge is 0.481 e. The summed E-state index contributed by atoms with van der Waals surface area (Å²) in [4.78, 5) is 44.2. The van der Waals surface area contributed by atoms with Crippen LogP contribution < -0.4 is 5.32 Å². The van der Waals surface area contributed by atoms with Crippen LogP contribution in [0.15, 0.2) is 0 Å². The van der Waals surface area contributed by atoms with E-state index in [1.54, 1.807) is 0 Å². The Morgan fingerprint density at radius 1 is 0.579 bits per heavy atom. The molecule has 0 aliphatic heterocycles. The lowest BCUT2D eigenvalue weighted by molar-refractivity contribution is -0.148. The Kier molecular flexibility index (Phi) is 20.4. The van der Waals surface area contributed by atoms with E-state index in [2.05, 4.69) is 5.32 Å². The summed E-state index contributed by atoms with van der Waals surface area (Å²) in [6, 6.07) is 0. The van der Waals surface area contributed by atoms with Crippen LogP contribution in [0.5, 0.6) is 0 Å². The number of amides is 1. The summed E-state index contributed by atoms with van der Waals surface area (Å²) in [6.45, 7) is 0.342. The maximum absolute atomic E-state index is 11.7. The first-order valence-electron chi connectivity index (χ1n) is 13.9. The van der Waals surface area contributed by atoms with Gasteiger partial charge in [-0.05, 0) is 12.8 Å². The molecule has 0 heterocycles. The molecular weight excluding hydrogens is 518 g/mol. The van der Waals surface area contributed by atoms with E-state index in [4.69, 9.17) is 19.9 Å². The van der Waals surface area contributed by atoms with Gasteiger partial charge in [0.25, 0.3) is 10.1 Å². The third-order valence-electron chi connectivity index (χ3n) is 6.58. The Labute approximate surface area is 226 Å². The number of hydrogen-bond acceptors (Lipinski definition) is 6. The zero-order valence-corrected chi connectivity index (χ0v) is 23.3. The van der Waals surface area contributed by atoms with Gasteiger partial charge in [0.1, 0.15) is 0 Å². The lowest BCUT2D eigenvalue weighted by Crippen LogP contribution is -2.36. The van der Waals surface area contributed by atoms with Gasteiger partial charge in [0.05, 0.1) is 18.8 Å². The molecule has 11 nitrogen and oxygen atoms in total. The van der Waals surface area contributed by atoms with Crippen molar-refractivity contribution in [1.29, 1.82) is 0 Å². The number of hydrogen-bond donors (Lipinski definition) is 5. The van der Waals surface area contributed by atoms with Crippen LogP contribution in [0.3, 0.4) is 0 Å². The topological polar surface area (TPSA) is 195 Å². The highest BCUT2D eigenvalue weighted by Gasteiger charge is 2.33. The van der Waals surface area contributed by atoms with Gasteiger partial charge in [-0.1, -0.05) is 96.3 Å². The van der Waals surface area contributed by atoms with Crippen LogP contribution in [0, 0.1) is 5.92 Å². The molecule has 0 saturated heterocycles. The standard InChI is InChI=1S/C26H47NO10S/c28-23(20-22(26(33)34)38(35,36)37)27-18-16-14-12-10-8-6-4-2-1-3-5-7-9-11-13-15-17-21(25(31)32)19-24(29)30/h21-22H,1-20H2,(H,27,28)(H,29,30)(H,31,32)(H,33,34)(H,35,36,37). The third kappa shape index (κ3) is 20.8. The van der Waals surface area contributed by atoms with Crippen molar-refractivity contribution in [2.24, 2.45) is 5.92 Å². The zero-order valence-electron chi connectivity index (χ0n) is 22.4. The number of carbonyl (C=O) groups is 4.